The van der Waals surface area contributed by atoms with Crippen molar-refractivity contribution < 1.29 is 4.79 Å². The lowest BCUT2D eigenvalue weighted by Crippen LogP contribution is -2.36. The van der Waals surface area contributed by atoms with E-state index in [-0.39, 0.29) is 11.7 Å². The summed E-state index contributed by atoms with van der Waals surface area (Å²) in [5.74, 6) is 0.305. The summed E-state index contributed by atoms with van der Waals surface area (Å²) in [6.45, 7) is 9.15. The number of hydrogen-bond acceptors (Lipinski definition) is 3. The van der Waals surface area contributed by atoms with Gasteiger partial charge in [-0.3, -0.25) is 4.79 Å². The molecule has 1 atom stereocenters. The molecule has 3 heteroatoms. The Kier molecular flexibility index (Phi) is 4.81. The number of Topliss-reactive ketones (excluding diaryl/α,β-unsaturated/α-hetero) is 1. The number of nitrogen functional groups attached to an aromatic ring is 1. The standard InChI is InChI=1S/C17H26N2O/c1-12-9-15(18)10-13(2)16(12)17(20)14(3)11-19-7-5-4-6-8-19/h9-10,14H,4-8,11,18H2,1-3H3. The summed E-state index contributed by atoms with van der Waals surface area (Å²) < 4.78 is 0. The van der Waals surface area contributed by atoms with Gasteiger partial charge in [0.15, 0.2) is 5.78 Å². The van der Waals surface area contributed by atoms with Crippen molar-refractivity contribution in [3.63, 3.8) is 0 Å². The molecule has 1 aliphatic heterocycles. The number of nitrogens with two attached hydrogens (primary N) is 1. The third-order valence-corrected chi connectivity index (χ3v) is 4.23. The Morgan fingerprint density at radius 3 is 2.30 bits per heavy atom. The molecule has 1 aromatic carbocycles. The smallest absolute Gasteiger partial charge is 0.167 e. The van der Waals surface area contributed by atoms with Crippen LogP contribution in [-0.2, 0) is 0 Å². The Labute approximate surface area is 122 Å². The minimum Gasteiger partial charge on any atom is -0.399 e. The quantitative estimate of drug-likeness (QED) is 0.677. The molecule has 3 nitrogen and oxygen atoms in total. The number of hydrogen-bond donors (Lipinski definition) is 1. The Bertz CT molecular complexity index is 467. The van der Waals surface area contributed by atoms with Crippen LogP contribution in [0.2, 0.25) is 0 Å². The highest BCUT2D eigenvalue weighted by Gasteiger charge is 2.22. The molecule has 0 aliphatic carbocycles. The first-order valence-electron chi connectivity index (χ1n) is 7.62. The molecule has 1 unspecified atom stereocenters. The lowest BCUT2D eigenvalue weighted by Gasteiger charge is -2.29. The van der Waals surface area contributed by atoms with E-state index in [1.165, 1.54) is 19.3 Å². The summed E-state index contributed by atoms with van der Waals surface area (Å²) in [6.07, 6.45) is 3.86. The number of rotatable bonds is 4. The zero-order valence-electron chi connectivity index (χ0n) is 12.9. The highest BCUT2D eigenvalue weighted by molar-refractivity contribution is 6.00. The van der Waals surface area contributed by atoms with E-state index in [0.717, 1.165) is 42.0 Å². The largest absolute Gasteiger partial charge is 0.399 e. The molecule has 1 aliphatic rings. The number of nitrogens with zero attached hydrogens (tertiary/aromatic N) is 1. The van der Waals surface area contributed by atoms with E-state index in [1.54, 1.807) is 0 Å². The van der Waals surface area contributed by atoms with Crippen LogP contribution in [0, 0.1) is 19.8 Å². The third kappa shape index (κ3) is 3.40. The lowest BCUT2D eigenvalue weighted by molar-refractivity contribution is 0.0882. The van der Waals surface area contributed by atoms with Crippen LogP contribution >= 0.6 is 0 Å². The number of carbonyl (C=O) groups is 1. The minimum atomic E-state index is 0.0501. The van der Waals surface area contributed by atoms with Gasteiger partial charge in [-0.15, -0.1) is 0 Å². The number of anilines is 1. The molecule has 2 N–H and O–H groups in total. The van der Waals surface area contributed by atoms with Gasteiger partial charge in [-0.05, 0) is 63.0 Å². The van der Waals surface area contributed by atoms with Crippen molar-refractivity contribution in [1.29, 1.82) is 0 Å². The summed E-state index contributed by atoms with van der Waals surface area (Å²) in [4.78, 5) is 15.1. The van der Waals surface area contributed by atoms with Crippen LogP contribution in [-0.4, -0.2) is 30.3 Å². The summed E-state index contributed by atoms with van der Waals surface area (Å²) >= 11 is 0. The predicted octanol–water partition coefficient (Wildman–Crippen LogP) is 3.19. The molecule has 20 heavy (non-hydrogen) atoms. The Morgan fingerprint density at radius 2 is 1.75 bits per heavy atom. The van der Waals surface area contributed by atoms with Gasteiger partial charge in [0, 0.05) is 23.7 Å². The van der Waals surface area contributed by atoms with Crippen molar-refractivity contribution in [2.45, 2.75) is 40.0 Å². The van der Waals surface area contributed by atoms with E-state index in [4.69, 9.17) is 5.73 Å². The van der Waals surface area contributed by atoms with Crippen LogP contribution < -0.4 is 5.73 Å². The first-order valence-corrected chi connectivity index (χ1v) is 7.62. The van der Waals surface area contributed by atoms with Gasteiger partial charge >= 0.3 is 0 Å². The number of piperidine rings is 1. The van der Waals surface area contributed by atoms with Crippen LogP contribution in [0.1, 0.15) is 47.7 Å². The van der Waals surface area contributed by atoms with E-state index in [1.807, 2.05) is 32.9 Å². The minimum absolute atomic E-state index is 0.0501. The van der Waals surface area contributed by atoms with Crippen molar-refractivity contribution >= 4 is 11.5 Å². The second-order valence-corrected chi connectivity index (χ2v) is 6.16. The molecule has 0 aromatic heterocycles. The first kappa shape index (κ1) is 15.0. The van der Waals surface area contributed by atoms with Gasteiger partial charge in [-0.2, -0.15) is 0 Å². The maximum atomic E-state index is 12.7. The second-order valence-electron chi connectivity index (χ2n) is 6.16. The van der Waals surface area contributed by atoms with Crippen molar-refractivity contribution in [3.8, 4) is 0 Å². The SMILES string of the molecule is Cc1cc(N)cc(C)c1C(=O)C(C)CN1CCCCC1. The fourth-order valence-corrected chi connectivity index (χ4v) is 3.24. The predicted molar refractivity (Wildman–Crippen MR) is 84.1 cm³/mol. The number of benzene rings is 1. The maximum absolute atomic E-state index is 12.7. The van der Waals surface area contributed by atoms with Crippen LogP contribution in [0.25, 0.3) is 0 Å². The Morgan fingerprint density at radius 1 is 1.20 bits per heavy atom. The molecule has 0 amide bonds. The highest BCUT2D eigenvalue weighted by Crippen LogP contribution is 2.22. The van der Waals surface area contributed by atoms with Crippen molar-refractivity contribution in [2.24, 2.45) is 5.92 Å². The topological polar surface area (TPSA) is 46.3 Å². The second kappa shape index (κ2) is 6.40. The van der Waals surface area contributed by atoms with Crippen molar-refractivity contribution in [2.75, 3.05) is 25.4 Å². The van der Waals surface area contributed by atoms with E-state index < -0.39 is 0 Å². The number of carbonyl (C=O) groups excluding carboxylic acids is 1. The first-order chi connectivity index (χ1) is 9.49. The monoisotopic (exact) mass is 274 g/mol. The molecule has 0 spiro atoms. The van der Waals surface area contributed by atoms with Crippen molar-refractivity contribution in [1.82, 2.24) is 4.90 Å². The molecule has 0 bridgehead atoms. The van der Waals surface area contributed by atoms with Gasteiger partial charge in [-0.25, -0.2) is 0 Å². The molecule has 0 radical (unpaired) electrons. The van der Waals surface area contributed by atoms with Gasteiger partial charge < -0.3 is 10.6 Å². The zero-order valence-corrected chi connectivity index (χ0v) is 12.9. The normalized spacial score (nSPS) is 17.9. The van der Waals surface area contributed by atoms with E-state index >= 15 is 0 Å². The summed E-state index contributed by atoms with van der Waals surface area (Å²) in [6, 6.07) is 3.79. The molecule has 2 rings (SSSR count). The molecule has 1 aromatic rings. The van der Waals surface area contributed by atoms with Gasteiger partial charge in [-0.1, -0.05) is 13.3 Å². The van der Waals surface area contributed by atoms with Gasteiger partial charge in [0.05, 0.1) is 0 Å². The molecule has 1 fully saturated rings. The number of aryl methyl sites for hydroxylation is 2. The maximum Gasteiger partial charge on any atom is 0.167 e. The van der Waals surface area contributed by atoms with Gasteiger partial charge in [0.1, 0.15) is 0 Å². The van der Waals surface area contributed by atoms with E-state index in [2.05, 4.69) is 4.90 Å². The number of likely N-dealkylation sites (tertiary alicyclic amines) is 1. The molecule has 1 heterocycles. The summed E-state index contributed by atoms with van der Waals surface area (Å²) in [7, 11) is 0. The molecule has 1 saturated heterocycles. The van der Waals surface area contributed by atoms with E-state index in [9.17, 15) is 4.79 Å². The van der Waals surface area contributed by atoms with E-state index in [0.29, 0.717) is 0 Å². The molecular weight excluding hydrogens is 248 g/mol. The summed E-state index contributed by atoms with van der Waals surface area (Å²) in [5.41, 5.74) is 9.43. The van der Waals surface area contributed by atoms with Gasteiger partial charge in [0.2, 0.25) is 0 Å². The Hall–Kier alpha value is -1.35. The third-order valence-electron chi connectivity index (χ3n) is 4.23. The van der Waals surface area contributed by atoms with Crippen LogP contribution in [0.5, 0.6) is 0 Å². The Balaban J connectivity index is 2.10. The molecule has 0 saturated carbocycles. The van der Waals surface area contributed by atoms with Crippen LogP contribution in [0.3, 0.4) is 0 Å². The fourth-order valence-electron chi connectivity index (χ4n) is 3.24. The lowest BCUT2D eigenvalue weighted by atomic mass is 9.91. The fraction of sp³-hybridized carbons (Fsp3) is 0.588. The van der Waals surface area contributed by atoms with Crippen molar-refractivity contribution in [3.05, 3.63) is 28.8 Å². The molecule has 110 valence electrons. The molecular formula is C17H26N2O. The van der Waals surface area contributed by atoms with Crippen LogP contribution in [0.15, 0.2) is 12.1 Å². The van der Waals surface area contributed by atoms with Gasteiger partial charge in [0.25, 0.3) is 0 Å². The van der Waals surface area contributed by atoms with Crippen LogP contribution in [0.4, 0.5) is 5.69 Å². The average molecular weight is 274 g/mol. The highest BCUT2D eigenvalue weighted by atomic mass is 16.1. The average Bonchev–Trinajstić information content (AvgIpc) is 2.38. The summed E-state index contributed by atoms with van der Waals surface area (Å²) in [5, 5.41) is 0. The number of ketones is 1. The zero-order chi connectivity index (χ0) is 14.7.